The molecule has 2 aliphatic heterocycles. The molecule has 6 nitrogen and oxygen atoms in total. The fourth-order valence-corrected chi connectivity index (χ4v) is 4.58. The predicted octanol–water partition coefficient (Wildman–Crippen LogP) is 2.57. The van der Waals surface area contributed by atoms with Gasteiger partial charge in [0.05, 0.1) is 24.8 Å². The van der Waals surface area contributed by atoms with E-state index in [1.54, 1.807) is 18.2 Å². The second kappa shape index (κ2) is 4.62. The molecule has 3 aliphatic rings. The van der Waals surface area contributed by atoms with Crippen molar-refractivity contribution in [1.82, 2.24) is 0 Å². The molecule has 0 unspecified atom stereocenters. The van der Waals surface area contributed by atoms with Crippen molar-refractivity contribution < 1.29 is 9.47 Å². The molecule has 1 aliphatic carbocycles. The Morgan fingerprint density at radius 3 is 2.62 bits per heavy atom. The fraction of sp³-hybridized carbons (Fsp3) is 0.438. The first-order valence-electron chi connectivity index (χ1n) is 7.33. The predicted molar refractivity (Wildman–Crippen MR) is 86.1 cm³/mol. The molecule has 0 aromatic heterocycles. The van der Waals surface area contributed by atoms with Crippen LogP contribution in [-0.2, 0) is 9.47 Å². The van der Waals surface area contributed by atoms with Crippen molar-refractivity contribution in [2.75, 3.05) is 6.61 Å². The third kappa shape index (κ3) is 1.46. The summed E-state index contributed by atoms with van der Waals surface area (Å²) in [5.74, 6) is -2.14. The Hall–Kier alpha value is -1.83. The maximum atomic E-state index is 10.0. The average molecular weight is 363 g/mol. The number of hydrogen-bond donors (Lipinski definition) is 1. The van der Waals surface area contributed by atoms with Crippen molar-refractivity contribution in [3.05, 3.63) is 33.8 Å². The van der Waals surface area contributed by atoms with Gasteiger partial charge in [0.15, 0.2) is 5.41 Å². The SMILES string of the molecule is C[C@H]1CO[C@@]2(N=C(N)[C@@]3(C#N)[C@@H](c4ccc(Cl)cc4Cl)[C@@]23C#N)O1. The Morgan fingerprint density at radius 1 is 1.33 bits per heavy atom. The van der Waals surface area contributed by atoms with Crippen molar-refractivity contribution in [3.8, 4) is 12.1 Å². The number of hydrogen-bond acceptors (Lipinski definition) is 6. The van der Waals surface area contributed by atoms with Gasteiger partial charge >= 0.3 is 0 Å². The minimum absolute atomic E-state index is 0.0386. The number of aliphatic imine (C=N–C) groups is 1. The number of nitriles is 2. The normalized spacial score (nSPS) is 42.3. The fourth-order valence-electron chi connectivity index (χ4n) is 4.06. The van der Waals surface area contributed by atoms with Gasteiger partial charge in [-0.05, 0) is 24.6 Å². The summed E-state index contributed by atoms with van der Waals surface area (Å²) in [7, 11) is 0. The summed E-state index contributed by atoms with van der Waals surface area (Å²) in [6.45, 7) is 2.08. The molecule has 4 rings (SSSR count). The molecule has 0 amide bonds. The van der Waals surface area contributed by atoms with Gasteiger partial charge in [0, 0.05) is 16.0 Å². The zero-order chi connectivity index (χ0) is 17.3. The van der Waals surface area contributed by atoms with E-state index in [2.05, 4.69) is 17.1 Å². The van der Waals surface area contributed by atoms with Crippen LogP contribution in [0.4, 0.5) is 0 Å². The third-order valence-electron chi connectivity index (χ3n) is 5.08. The second-order valence-electron chi connectivity index (χ2n) is 6.26. The molecule has 5 atom stereocenters. The van der Waals surface area contributed by atoms with Gasteiger partial charge in [-0.3, -0.25) is 0 Å². The molecule has 24 heavy (non-hydrogen) atoms. The number of halogens is 2. The second-order valence-corrected chi connectivity index (χ2v) is 7.10. The van der Waals surface area contributed by atoms with Crippen molar-refractivity contribution in [2.45, 2.75) is 24.9 Å². The number of nitrogens with two attached hydrogens (primary N) is 1. The molecule has 1 spiro atoms. The largest absolute Gasteiger partial charge is 0.386 e. The molecule has 2 fully saturated rings. The number of nitrogens with zero attached hydrogens (tertiary/aromatic N) is 3. The summed E-state index contributed by atoms with van der Waals surface area (Å²) in [4.78, 5) is 4.25. The first-order chi connectivity index (χ1) is 11.4. The lowest BCUT2D eigenvalue weighted by Crippen LogP contribution is -2.39. The highest BCUT2D eigenvalue weighted by atomic mass is 35.5. The van der Waals surface area contributed by atoms with E-state index in [0.717, 1.165) is 0 Å². The molecule has 0 bridgehead atoms. The first kappa shape index (κ1) is 15.7. The number of ether oxygens (including phenoxy) is 2. The maximum absolute atomic E-state index is 10.0. The molecule has 0 radical (unpaired) electrons. The van der Waals surface area contributed by atoms with Gasteiger partial charge in [-0.2, -0.15) is 10.5 Å². The minimum atomic E-state index is -1.57. The van der Waals surface area contributed by atoms with E-state index < -0.39 is 22.7 Å². The van der Waals surface area contributed by atoms with Crippen molar-refractivity contribution in [3.63, 3.8) is 0 Å². The van der Waals surface area contributed by atoms with E-state index in [0.29, 0.717) is 15.6 Å². The molecule has 122 valence electrons. The highest BCUT2D eigenvalue weighted by molar-refractivity contribution is 6.35. The van der Waals surface area contributed by atoms with E-state index in [4.69, 9.17) is 38.4 Å². The van der Waals surface area contributed by atoms with E-state index in [-0.39, 0.29) is 18.5 Å². The number of amidine groups is 1. The van der Waals surface area contributed by atoms with Crippen LogP contribution >= 0.6 is 23.2 Å². The summed E-state index contributed by atoms with van der Waals surface area (Å²) in [6, 6.07) is 9.33. The molecule has 2 heterocycles. The molecule has 8 heteroatoms. The van der Waals surface area contributed by atoms with Gasteiger partial charge in [-0.25, -0.2) is 4.99 Å². The molecule has 1 aromatic carbocycles. The van der Waals surface area contributed by atoms with Gasteiger partial charge < -0.3 is 15.2 Å². The Balaban J connectivity index is 1.94. The van der Waals surface area contributed by atoms with Crippen LogP contribution in [0, 0.1) is 33.5 Å². The summed E-state index contributed by atoms with van der Waals surface area (Å²) in [5.41, 5.74) is 3.98. The van der Waals surface area contributed by atoms with Crippen LogP contribution < -0.4 is 5.73 Å². The smallest absolute Gasteiger partial charge is 0.293 e. The van der Waals surface area contributed by atoms with Crippen LogP contribution in [0.25, 0.3) is 0 Å². The number of fused-ring (bicyclic) bond motifs is 2. The van der Waals surface area contributed by atoms with E-state index in [1.807, 2.05) is 6.92 Å². The summed E-state index contributed by atoms with van der Waals surface area (Å²) < 4.78 is 11.6. The summed E-state index contributed by atoms with van der Waals surface area (Å²) in [5, 5.41) is 20.7. The molecule has 1 saturated heterocycles. The first-order valence-corrected chi connectivity index (χ1v) is 8.09. The molecular weight excluding hydrogens is 351 g/mol. The number of rotatable bonds is 1. The van der Waals surface area contributed by atoms with Gasteiger partial charge in [0.2, 0.25) is 0 Å². The topological polar surface area (TPSA) is 104 Å². The summed E-state index contributed by atoms with van der Waals surface area (Å²) in [6.07, 6.45) is -0.261. The standard InChI is InChI=1S/C16H12Cl2N4O2/c1-8-5-23-16(24-8)15(7-20)12(14(15,6-19)13(21)22-16)10-3-2-9(17)4-11(10)18/h2-4,8,12H,5H2,1H3,(H2,21,22)/t8-,12+,14+,15+,16+/m0/s1. The van der Waals surface area contributed by atoms with Crippen LogP contribution in [0.1, 0.15) is 18.4 Å². The van der Waals surface area contributed by atoms with E-state index >= 15 is 0 Å². The minimum Gasteiger partial charge on any atom is -0.386 e. The van der Waals surface area contributed by atoms with Crippen LogP contribution in [0.5, 0.6) is 0 Å². The van der Waals surface area contributed by atoms with Gasteiger partial charge in [-0.1, -0.05) is 29.3 Å². The van der Waals surface area contributed by atoms with Crippen LogP contribution in [0.3, 0.4) is 0 Å². The summed E-state index contributed by atoms with van der Waals surface area (Å²) >= 11 is 12.3. The average Bonchev–Trinajstić information content (AvgIpc) is 2.90. The van der Waals surface area contributed by atoms with Crippen LogP contribution in [-0.4, -0.2) is 24.5 Å². The van der Waals surface area contributed by atoms with Crippen molar-refractivity contribution in [2.24, 2.45) is 21.6 Å². The lowest BCUT2D eigenvalue weighted by Gasteiger charge is -2.26. The molecule has 1 aromatic rings. The highest BCUT2D eigenvalue weighted by Gasteiger charge is 2.94. The lowest BCUT2D eigenvalue weighted by atomic mass is 9.94. The highest BCUT2D eigenvalue weighted by Crippen LogP contribution is 2.83. The van der Waals surface area contributed by atoms with Gasteiger partial charge in [-0.15, -0.1) is 0 Å². The third-order valence-corrected chi connectivity index (χ3v) is 5.64. The van der Waals surface area contributed by atoms with Crippen LogP contribution in [0.15, 0.2) is 23.2 Å². The Kier molecular flexibility index (Phi) is 3.02. The van der Waals surface area contributed by atoms with E-state index in [1.165, 1.54) is 0 Å². The molecular formula is C16H12Cl2N4O2. The quantitative estimate of drug-likeness (QED) is 0.826. The van der Waals surface area contributed by atoms with Crippen LogP contribution in [0.2, 0.25) is 10.0 Å². The Morgan fingerprint density at radius 2 is 2.08 bits per heavy atom. The zero-order valence-electron chi connectivity index (χ0n) is 12.6. The molecule has 2 N–H and O–H groups in total. The van der Waals surface area contributed by atoms with E-state index in [9.17, 15) is 10.5 Å². The lowest BCUT2D eigenvalue weighted by molar-refractivity contribution is -0.193. The monoisotopic (exact) mass is 362 g/mol. The molecule has 1 saturated carbocycles. The van der Waals surface area contributed by atoms with Crippen molar-refractivity contribution >= 4 is 29.0 Å². The Bertz CT molecular complexity index is 876. The maximum Gasteiger partial charge on any atom is 0.293 e. The van der Waals surface area contributed by atoms with Gasteiger partial charge in [0.1, 0.15) is 11.3 Å². The van der Waals surface area contributed by atoms with Gasteiger partial charge in [0.25, 0.3) is 5.91 Å². The van der Waals surface area contributed by atoms with Crippen molar-refractivity contribution in [1.29, 1.82) is 10.5 Å². The zero-order valence-corrected chi connectivity index (χ0v) is 14.1. The number of benzene rings is 1. The Labute approximate surface area is 148 Å².